The second-order valence-electron chi connectivity index (χ2n) is 11.7. The molecule has 0 atom stereocenters. The Labute approximate surface area is 272 Å². The Hall–Kier alpha value is -5.70. The van der Waals surface area contributed by atoms with Gasteiger partial charge in [-0.15, -0.1) is 11.3 Å². The highest BCUT2D eigenvalue weighted by Crippen LogP contribution is 2.46. The second-order valence-corrected chi connectivity index (χ2v) is 12.8. The summed E-state index contributed by atoms with van der Waals surface area (Å²) in [6, 6.07) is 63.9. The SMILES string of the molecule is c1cc(-c2ccc(N(c3cccc4ccccc34)c3cccc4sc5ccccc5c34)cc2)cc(-c2cccc3ccccc23)c1. The Kier molecular flexibility index (Phi) is 6.40. The van der Waals surface area contributed by atoms with Gasteiger partial charge in [-0.25, -0.2) is 0 Å². The zero-order chi connectivity index (χ0) is 30.5. The minimum absolute atomic E-state index is 1.13. The summed E-state index contributed by atoms with van der Waals surface area (Å²) in [7, 11) is 0. The second kappa shape index (κ2) is 11.0. The summed E-state index contributed by atoms with van der Waals surface area (Å²) in [6.07, 6.45) is 0. The van der Waals surface area contributed by atoms with Gasteiger partial charge >= 0.3 is 0 Å². The first-order valence-electron chi connectivity index (χ1n) is 15.7. The lowest BCUT2D eigenvalue weighted by Crippen LogP contribution is -2.10. The van der Waals surface area contributed by atoms with E-state index in [2.05, 4.69) is 181 Å². The number of hydrogen-bond acceptors (Lipinski definition) is 2. The molecule has 1 heterocycles. The summed E-state index contributed by atoms with van der Waals surface area (Å²) in [5.74, 6) is 0. The number of rotatable bonds is 5. The van der Waals surface area contributed by atoms with Gasteiger partial charge in [0, 0.05) is 31.2 Å². The summed E-state index contributed by atoms with van der Waals surface area (Å²) >= 11 is 1.86. The molecule has 1 aromatic heterocycles. The number of fused-ring (bicyclic) bond motifs is 5. The lowest BCUT2D eigenvalue weighted by molar-refractivity contribution is 1.32. The van der Waals surface area contributed by atoms with Crippen molar-refractivity contribution in [3.8, 4) is 22.3 Å². The van der Waals surface area contributed by atoms with Gasteiger partial charge in [-0.3, -0.25) is 0 Å². The summed E-state index contributed by atoms with van der Waals surface area (Å²) in [4.78, 5) is 2.44. The van der Waals surface area contributed by atoms with Crippen molar-refractivity contribution in [1.29, 1.82) is 0 Å². The van der Waals surface area contributed by atoms with E-state index in [9.17, 15) is 0 Å². The molecule has 46 heavy (non-hydrogen) atoms. The van der Waals surface area contributed by atoms with Crippen LogP contribution in [0.25, 0.3) is 64.0 Å². The third-order valence-corrected chi connectivity index (χ3v) is 10.2. The lowest BCUT2D eigenvalue weighted by atomic mass is 9.95. The molecule has 0 fully saturated rings. The summed E-state index contributed by atoms with van der Waals surface area (Å²) in [6.45, 7) is 0. The molecule has 0 unspecified atom stereocenters. The highest BCUT2D eigenvalue weighted by molar-refractivity contribution is 7.26. The molecule has 9 aromatic rings. The smallest absolute Gasteiger partial charge is 0.0555 e. The first kappa shape index (κ1) is 26.7. The molecular formula is C44H29NS. The summed E-state index contributed by atoms with van der Waals surface area (Å²) in [5.41, 5.74) is 8.39. The van der Waals surface area contributed by atoms with Crippen molar-refractivity contribution >= 4 is 70.1 Å². The van der Waals surface area contributed by atoms with E-state index in [0.717, 1.165) is 5.69 Å². The highest BCUT2D eigenvalue weighted by Gasteiger charge is 2.20. The van der Waals surface area contributed by atoms with Gasteiger partial charge in [-0.1, -0.05) is 133 Å². The van der Waals surface area contributed by atoms with Gasteiger partial charge in [-0.05, 0) is 80.9 Å². The van der Waals surface area contributed by atoms with Gasteiger partial charge in [0.05, 0.1) is 11.4 Å². The van der Waals surface area contributed by atoms with E-state index in [4.69, 9.17) is 0 Å². The van der Waals surface area contributed by atoms with Crippen molar-refractivity contribution in [3.05, 3.63) is 176 Å². The largest absolute Gasteiger partial charge is 0.309 e. The van der Waals surface area contributed by atoms with Crippen LogP contribution in [0.3, 0.4) is 0 Å². The molecule has 0 saturated carbocycles. The molecule has 0 amide bonds. The van der Waals surface area contributed by atoms with E-state index >= 15 is 0 Å². The predicted molar refractivity (Wildman–Crippen MR) is 200 cm³/mol. The van der Waals surface area contributed by atoms with Gasteiger partial charge in [0.2, 0.25) is 0 Å². The molecule has 1 nitrogen and oxygen atoms in total. The standard InChI is InChI=1S/C44H29NS/c1-3-17-36-31(11-1)13-8-20-37(36)34-16-7-15-33(29-34)30-25-27-35(28-26-30)45(40-21-9-14-32-12-2-4-18-38(32)40)41-22-10-24-43-44(41)39-19-5-6-23-42(39)46-43/h1-29H. The monoisotopic (exact) mass is 603 g/mol. The third-order valence-electron chi connectivity index (χ3n) is 9.05. The van der Waals surface area contributed by atoms with Crippen LogP contribution >= 0.6 is 11.3 Å². The molecule has 2 heteroatoms. The van der Waals surface area contributed by atoms with Crippen molar-refractivity contribution in [2.45, 2.75) is 0 Å². The molecule has 0 aliphatic carbocycles. The van der Waals surface area contributed by atoms with Crippen LogP contribution in [-0.4, -0.2) is 0 Å². The quantitative estimate of drug-likeness (QED) is 0.189. The van der Waals surface area contributed by atoms with Crippen molar-refractivity contribution in [1.82, 2.24) is 0 Å². The van der Waals surface area contributed by atoms with Crippen molar-refractivity contribution in [2.75, 3.05) is 4.90 Å². The zero-order valence-electron chi connectivity index (χ0n) is 25.1. The first-order chi connectivity index (χ1) is 22.8. The molecule has 216 valence electrons. The Morgan fingerprint density at radius 3 is 1.80 bits per heavy atom. The number of benzene rings is 8. The van der Waals surface area contributed by atoms with Gasteiger partial charge in [0.1, 0.15) is 0 Å². The van der Waals surface area contributed by atoms with Crippen LogP contribution in [-0.2, 0) is 0 Å². The first-order valence-corrected chi connectivity index (χ1v) is 16.5. The van der Waals surface area contributed by atoms with Crippen LogP contribution < -0.4 is 4.90 Å². The van der Waals surface area contributed by atoms with Crippen molar-refractivity contribution < 1.29 is 0 Å². The molecule has 0 spiro atoms. The molecule has 0 N–H and O–H groups in total. The van der Waals surface area contributed by atoms with Crippen LogP contribution in [0.4, 0.5) is 17.1 Å². The maximum absolute atomic E-state index is 2.44. The maximum atomic E-state index is 2.44. The van der Waals surface area contributed by atoms with Crippen molar-refractivity contribution in [2.24, 2.45) is 0 Å². The number of hydrogen-bond donors (Lipinski definition) is 0. The third kappa shape index (κ3) is 4.46. The van der Waals surface area contributed by atoms with Gasteiger partial charge in [0.25, 0.3) is 0 Å². The topological polar surface area (TPSA) is 3.24 Å². The predicted octanol–water partition coefficient (Wildman–Crippen LogP) is 13.2. The molecule has 0 aliphatic heterocycles. The molecule has 0 aliphatic rings. The zero-order valence-corrected chi connectivity index (χ0v) is 25.9. The van der Waals surface area contributed by atoms with Crippen LogP contribution in [0, 0.1) is 0 Å². The van der Waals surface area contributed by atoms with Crippen LogP contribution in [0.2, 0.25) is 0 Å². The van der Waals surface area contributed by atoms with Gasteiger partial charge < -0.3 is 4.90 Å². The number of nitrogens with zero attached hydrogens (tertiary/aromatic N) is 1. The van der Waals surface area contributed by atoms with E-state index in [0.29, 0.717) is 0 Å². The summed E-state index contributed by atoms with van der Waals surface area (Å²) < 4.78 is 2.61. The van der Waals surface area contributed by atoms with Gasteiger partial charge in [0.15, 0.2) is 0 Å². The van der Waals surface area contributed by atoms with E-state index in [1.807, 2.05) is 11.3 Å². The van der Waals surface area contributed by atoms with Crippen LogP contribution in [0.1, 0.15) is 0 Å². The normalized spacial score (nSPS) is 11.5. The van der Waals surface area contributed by atoms with Gasteiger partial charge in [-0.2, -0.15) is 0 Å². The van der Waals surface area contributed by atoms with Crippen LogP contribution in [0.5, 0.6) is 0 Å². The minimum Gasteiger partial charge on any atom is -0.309 e. The Morgan fingerprint density at radius 2 is 0.957 bits per heavy atom. The van der Waals surface area contributed by atoms with E-state index in [1.165, 1.54) is 75.3 Å². The van der Waals surface area contributed by atoms with E-state index in [-0.39, 0.29) is 0 Å². The molecular weight excluding hydrogens is 575 g/mol. The Balaban J connectivity index is 1.20. The van der Waals surface area contributed by atoms with E-state index in [1.54, 1.807) is 0 Å². The summed E-state index contributed by atoms with van der Waals surface area (Å²) in [5, 5.41) is 7.59. The molecule has 8 aromatic carbocycles. The molecule has 9 rings (SSSR count). The maximum Gasteiger partial charge on any atom is 0.0555 e. The van der Waals surface area contributed by atoms with Crippen molar-refractivity contribution in [3.63, 3.8) is 0 Å². The average Bonchev–Trinajstić information content (AvgIpc) is 3.51. The fourth-order valence-electron chi connectivity index (χ4n) is 6.90. The Morgan fingerprint density at radius 1 is 0.370 bits per heavy atom. The fourth-order valence-corrected chi connectivity index (χ4v) is 8.03. The lowest BCUT2D eigenvalue weighted by Gasteiger charge is -2.28. The van der Waals surface area contributed by atoms with E-state index < -0.39 is 0 Å². The fraction of sp³-hybridized carbons (Fsp3) is 0. The average molecular weight is 604 g/mol. The number of thiophene rings is 1. The molecule has 0 saturated heterocycles. The highest BCUT2D eigenvalue weighted by atomic mass is 32.1. The Bertz CT molecular complexity index is 2530. The van der Waals surface area contributed by atoms with Crippen LogP contribution in [0.15, 0.2) is 176 Å². The number of anilines is 3. The minimum atomic E-state index is 1.13. The molecule has 0 bridgehead atoms. The molecule has 0 radical (unpaired) electrons.